The molecule has 0 radical (unpaired) electrons. The van der Waals surface area contributed by atoms with Gasteiger partial charge in [-0.25, -0.2) is 18.7 Å². The number of piperidine rings is 1. The van der Waals surface area contributed by atoms with Crippen molar-refractivity contribution in [1.82, 2.24) is 21.0 Å². The van der Waals surface area contributed by atoms with Crippen LogP contribution in [-0.4, -0.2) is 114 Å². The first-order chi connectivity index (χ1) is 28.1. The van der Waals surface area contributed by atoms with Crippen molar-refractivity contribution in [3.63, 3.8) is 0 Å². The summed E-state index contributed by atoms with van der Waals surface area (Å²) in [6.45, 7) is 5.36. The van der Waals surface area contributed by atoms with Crippen LogP contribution in [0.15, 0.2) is 48.5 Å². The van der Waals surface area contributed by atoms with Crippen LogP contribution in [0.1, 0.15) is 45.5 Å². The lowest BCUT2D eigenvalue weighted by Gasteiger charge is -2.29. The van der Waals surface area contributed by atoms with Crippen LogP contribution in [0.3, 0.4) is 0 Å². The van der Waals surface area contributed by atoms with E-state index in [0.29, 0.717) is 107 Å². The summed E-state index contributed by atoms with van der Waals surface area (Å²) in [5.41, 5.74) is 3.36. The first-order valence-corrected chi connectivity index (χ1v) is 19.9. The van der Waals surface area contributed by atoms with Crippen molar-refractivity contribution in [3.05, 3.63) is 86.2 Å². The van der Waals surface area contributed by atoms with Gasteiger partial charge in [0.25, 0.3) is 11.8 Å². The van der Waals surface area contributed by atoms with Gasteiger partial charge in [0.15, 0.2) is 11.6 Å². The number of hydroxylamine groups is 1. The second-order valence-electron chi connectivity index (χ2n) is 13.0. The van der Waals surface area contributed by atoms with Gasteiger partial charge in [-0.05, 0) is 83.9 Å². The number of nitrogens with zero attached hydrogens (tertiary/aromatic N) is 1. The lowest BCUT2D eigenvalue weighted by Crippen LogP contribution is -2.52. The molecule has 0 aromatic heterocycles. The normalized spacial score (nSPS) is 15.1. The Morgan fingerprint density at radius 1 is 0.810 bits per heavy atom. The van der Waals surface area contributed by atoms with Crippen LogP contribution < -0.4 is 26.7 Å². The number of benzene rings is 3. The topological polar surface area (TPSA) is 178 Å². The van der Waals surface area contributed by atoms with E-state index in [1.54, 1.807) is 6.07 Å². The Labute approximate surface area is 347 Å². The zero-order valence-electron chi connectivity index (χ0n) is 31.6. The predicted molar refractivity (Wildman–Crippen MR) is 214 cm³/mol. The molecule has 0 bridgehead atoms. The summed E-state index contributed by atoms with van der Waals surface area (Å²) < 4.78 is 65.6. The monoisotopic (exact) mass is 926 g/mol. The number of hydrogen-bond acceptors (Lipinski definition) is 12. The van der Waals surface area contributed by atoms with Gasteiger partial charge in [0.2, 0.25) is 11.8 Å². The molecule has 58 heavy (non-hydrogen) atoms. The summed E-state index contributed by atoms with van der Waals surface area (Å²) in [7, 11) is 0. The molecule has 5 rings (SSSR count). The molecule has 2 heterocycles. The molecule has 2 aliphatic rings. The SMILES string of the molecule is O=C1CCC(N2Cc3cccc(NCCOCCOCCOCCOCCNCCCONC(=O)c4ccc(F)c(F)c4Nc4ccc(I)cc4F)c3C2=O)C(=O)N1. The van der Waals surface area contributed by atoms with Gasteiger partial charge in [-0.2, -0.15) is 0 Å². The minimum atomic E-state index is -1.32. The zero-order chi connectivity index (χ0) is 41.3. The number of amides is 4. The second kappa shape index (κ2) is 23.3. The van der Waals surface area contributed by atoms with E-state index in [9.17, 15) is 32.3 Å². The Morgan fingerprint density at radius 2 is 1.52 bits per heavy atom. The first-order valence-electron chi connectivity index (χ1n) is 18.8. The summed E-state index contributed by atoms with van der Waals surface area (Å²) in [6.07, 6.45) is 1.06. The molecule has 1 fully saturated rings. The van der Waals surface area contributed by atoms with Crippen molar-refractivity contribution in [2.24, 2.45) is 0 Å². The van der Waals surface area contributed by atoms with E-state index in [2.05, 4.69) is 26.7 Å². The van der Waals surface area contributed by atoms with Crippen LogP contribution in [0, 0.1) is 21.0 Å². The molecule has 1 unspecified atom stereocenters. The molecule has 2 aliphatic heterocycles. The third-order valence-corrected chi connectivity index (χ3v) is 9.62. The number of halogens is 4. The third-order valence-electron chi connectivity index (χ3n) is 8.95. The highest BCUT2D eigenvalue weighted by Crippen LogP contribution is 2.32. The van der Waals surface area contributed by atoms with E-state index in [1.807, 2.05) is 40.8 Å². The average molecular weight is 927 g/mol. The van der Waals surface area contributed by atoms with Crippen molar-refractivity contribution >= 4 is 63.3 Å². The third kappa shape index (κ3) is 13.1. The van der Waals surface area contributed by atoms with E-state index in [0.717, 1.165) is 17.7 Å². The molecule has 1 saturated heterocycles. The maximum Gasteiger partial charge on any atom is 0.277 e. The van der Waals surface area contributed by atoms with Crippen LogP contribution in [-0.2, 0) is 39.9 Å². The smallest absolute Gasteiger partial charge is 0.277 e. The van der Waals surface area contributed by atoms with Crippen LogP contribution >= 0.6 is 22.6 Å². The highest BCUT2D eigenvalue weighted by molar-refractivity contribution is 14.1. The van der Waals surface area contributed by atoms with Gasteiger partial charge in [0, 0.05) is 35.3 Å². The van der Waals surface area contributed by atoms with Gasteiger partial charge < -0.3 is 39.8 Å². The molecule has 3 aromatic rings. The van der Waals surface area contributed by atoms with Gasteiger partial charge in [0.05, 0.1) is 82.0 Å². The van der Waals surface area contributed by atoms with Crippen molar-refractivity contribution in [3.8, 4) is 0 Å². The largest absolute Gasteiger partial charge is 0.382 e. The Kier molecular flexibility index (Phi) is 17.9. The number of carbonyl (C=O) groups excluding carboxylic acids is 4. The highest BCUT2D eigenvalue weighted by Gasteiger charge is 2.40. The molecule has 4 amide bonds. The van der Waals surface area contributed by atoms with Crippen LogP contribution in [0.2, 0.25) is 0 Å². The standard InChI is InChI=1S/C39H46F3IN6O9/c40-28-7-6-27(36(35(28)42)46-30-8-5-26(43)23-29(30)41)37(51)48-58-14-2-11-44-12-15-54-17-19-56-21-22-57-20-18-55-16-13-45-31-4-1-3-25-24-49(39(53)34(25)31)32-9-10-33(50)47-38(32)52/h1,3-8,23,32,44-46H,2,9-22,24H2,(H,48,51)(H,47,50,52). The number of rotatable bonds is 25. The summed E-state index contributed by atoms with van der Waals surface area (Å²) in [5.74, 6) is -5.02. The van der Waals surface area contributed by atoms with Gasteiger partial charge in [-0.15, -0.1) is 0 Å². The summed E-state index contributed by atoms with van der Waals surface area (Å²) in [6, 6.07) is 10.9. The molecule has 0 aliphatic carbocycles. The molecule has 5 N–H and O–H groups in total. The molecular weight excluding hydrogens is 880 g/mol. The van der Waals surface area contributed by atoms with Crippen LogP contribution in [0.5, 0.6) is 0 Å². The molecule has 3 aromatic carbocycles. The predicted octanol–water partition coefficient (Wildman–Crippen LogP) is 4.03. The molecule has 314 valence electrons. The summed E-state index contributed by atoms with van der Waals surface area (Å²) in [4.78, 5) is 56.4. The van der Waals surface area contributed by atoms with Crippen molar-refractivity contribution in [2.75, 3.05) is 89.7 Å². The number of anilines is 3. The molecular formula is C39H46F3IN6O9. The number of fused-ring (bicyclic) bond motifs is 1. The molecule has 19 heteroatoms. The van der Waals surface area contributed by atoms with Crippen LogP contribution in [0.25, 0.3) is 0 Å². The minimum absolute atomic E-state index is 0.118. The van der Waals surface area contributed by atoms with Crippen molar-refractivity contribution in [2.45, 2.75) is 31.8 Å². The van der Waals surface area contributed by atoms with E-state index < -0.39 is 41.0 Å². The number of imide groups is 1. The Bertz CT molecular complexity index is 1890. The van der Waals surface area contributed by atoms with Crippen LogP contribution in [0.4, 0.5) is 30.2 Å². The number of ether oxygens (including phenoxy) is 4. The fourth-order valence-electron chi connectivity index (χ4n) is 6.08. The Hall–Kier alpha value is -4.38. The van der Waals surface area contributed by atoms with Crippen molar-refractivity contribution in [1.29, 1.82) is 0 Å². The summed E-state index contributed by atoms with van der Waals surface area (Å²) >= 11 is 1.91. The fourth-order valence-corrected chi connectivity index (χ4v) is 6.53. The quantitative estimate of drug-likeness (QED) is 0.0358. The average Bonchev–Trinajstić information content (AvgIpc) is 3.54. The lowest BCUT2D eigenvalue weighted by molar-refractivity contribution is -0.136. The number of carbonyl (C=O) groups is 4. The van der Waals surface area contributed by atoms with Gasteiger partial charge in [-0.1, -0.05) is 12.1 Å². The summed E-state index contributed by atoms with van der Waals surface area (Å²) in [5, 5.41) is 11.2. The number of nitrogens with one attached hydrogen (secondary N) is 5. The van der Waals surface area contributed by atoms with E-state index >= 15 is 0 Å². The van der Waals surface area contributed by atoms with Crippen molar-refractivity contribution < 1.29 is 56.1 Å². The second-order valence-corrected chi connectivity index (χ2v) is 14.3. The molecule has 0 saturated carbocycles. The van der Waals surface area contributed by atoms with E-state index in [1.165, 1.54) is 17.0 Å². The van der Waals surface area contributed by atoms with Gasteiger partial charge in [0.1, 0.15) is 11.9 Å². The Balaban J connectivity index is 0.811. The first kappa shape index (κ1) is 44.7. The minimum Gasteiger partial charge on any atom is -0.382 e. The van der Waals surface area contributed by atoms with Gasteiger partial charge in [-0.3, -0.25) is 29.3 Å². The zero-order valence-corrected chi connectivity index (χ0v) is 33.8. The molecule has 0 spiro atoms. The maximum atomic E-state index is 14.6. The fraction of sp³-hybridized carbons (Fsp3) is 0.436. The van der Waals surface area contributed by atoms with Gasteiger partial charge >= 0.3 is 0 Å². The van der Waals surface area contributed by atoms with E-state index in [-0.39, 0.29) is 36.1 Å². The number of hydrogen-bond donors (Lipinski definition) is 5. The highest BCUT2D eigenvalue weighted by atomic mass is 127. The maximum absolute atomic E-state index is 14.6. The van der Waals surface area contributed by atoms with E-state index in [4.69, 9.17) is 23.8 Å². The Morgan fingerprint density at radius 3 is 2.22 bits per heavy atom. The molecule has 1 atom stereocenters. The lowest BCUT2D eigenvalue weighted by atomic mass is 10.0. The molecule has 15 nitrogen and oxygen atoms in total.